The van der Waals surface area contributed by atoms with Gasteiger partial charge in [-0.15, -0.1) is 0 Å². The molecule has 0 aliphatic carbocycles. The third kappa shape index (κ3) is 5.09. The number of ether oxygens (including phenoxy) is 2. The number of H-pyrrole nitrogens is 1. The molecule has 3 aliphatic heterocycles. The van der Waals surface area contributed by atoms with Crippen LogP contribution in [0.25, 0.3) is 11.1 Å². The quantitative estimate of drug-likeness (QED) is 0.583. The predicted molar refractivity (Wildman–Crippen MR) is 140 cm³/mol. The largest absolute Gasteiger partial charge is 0.481 e. The van der Waals surface area contributed by atoms with Crippen LogP contribution in [-0.2, 0) is 28.9 Å². The lowest BCUT2D eigenvalue weighted by atomic mass is 9.96. The second kappa shape index (κ2) is 10.7. The average molecular weight is 490 g/mol. The van der Waals surface area contributed by atoms with E-state index in [-0.39, 0.29) is 5.91 Å². The van der Waals surface area contributed by atoms with Crippen LogP contribution in [-0.4, -0.2) is 59.4 Å². The number of aryl methyl sites for hydroxylation is 1. The maximum atomic E-state index is 11.9. The second-order valence-electron chi connectivity index (χ2n) is 9.85. The van der Waals surface area contributed by atoms with Crippen molar-refractivity contribution in [3.8, 4) is 17.0 Å². The summed E-state index contributed by atoms with van der Waals surface area (Å²) < 4.78 is 10.2. The minimum absolute atomic E-state index is 0.115. The van der Waals surface area contributed by atoms with E-state index < -0.39 is 0 Å². The molecule has 2 aromatic heterocycles. The van der Waals surface area contributed by atoms with E-state index in [9.17, 15) is 4.79 Å². The lowest BCUT2D eigenvalue weighted by Gasteiger charge is -2.32. The first-order valence-electron chi connectivity index (χ1n) is 12.8. The van der Waals surface area contributed by atoms with Gasteiger partial charge < -0.3 is 19.3 Å². The number of carbonyl (C=O) groups excluding carboxylic acids is 1. The lowest BCUT2D eigenvalue weighted by Crippen LogP contribution is -2.35. The number of nitrogens with one attached hydrogen (secondary N) is 1. The molecule has 1 N–H and O–H groups in total. The van der Waals surface area contributed by atoms with E-state index in [0.717, 1.165) is 79.7 Å². The van der Waals surface area contributed by atoms with Crippen LogP contribution in [0.5, 0.6) is 5.88 Å². The highest BCUT2D eigenvalue weighted by molar-refractivity contribution is 5.76. The monoisotopic (exact) mass is 489 g/mol. The first kappa shape index (κ1) is 24.3. The molecule has 6 rings (SSSR count). The van der Waals surface area contributed by atoms with Gasteiger partial charge in [0.25, 0.3) is 0 Å². The molecule has 1 aromatic carbocycles. The summed E-state index contributed by atoms with van der Waals surface area (Å²) in [5.41, 5.74) is 7.03. The average Bonchev–Trinajstić information content (AvgIpc) is 3.57. The van der Waals surface area contributed by atoms with E-state index in [1.165, 1.54) is 17.7 Å². The number of aromatic nitrogens is 3. The number of fused-ring (bicyclic) bond motifs is 2. The van der Waals surface area contributed by atoms with Gasteiger partial charge in [0.2, 0.25) is 11.8 Å². The van der Waals surface area contributed by atoms with Gasteiger partial charge in [-0.3, -0.25) is 9.89 Å². The molecular formula is C28H35N5O3. The Morgan fingerprint density at radius 2 is 2.03 bits per heavy atom. The third-order valence-corrected chi connectivity index (χ3v) is 7.25. The van der Waals surface area contributed by atoms with E-state index in [1.807, 2.05) is 23.2 Å². The van der Waals surface area contributed by atoms with Crippen LogP contribution in [0.15, 0.2) is 36.5 Å². The fourth-order valence-corrected chi connectivity index (χ4v) is 5.09. The molecule has 3 aromatic rings. The summed E-state index contributed by atoms with van der Waals surface area (Å²) in [7, 11) is 1.62. The molecule has 8 nitrogen and oxygen atoms in total. The Bertz CT molecular complexity index is 1200. The lowest BCUT2D eigenvalue weighted by molar-refractivity contribution is -0.129. The predicted octanol–water partition coefficient (Wildman–Crippen LogP) is 4.51. The summed E-state index contributed by atoms with van der Waals surface area (Å²) in [6, 6.07) is 10.5. The number of benzene rings is 1. The Hall–Kier alpha value is -3.39. The van der Waals surface area contributed by atoms with E-state index in [4.69, 9.17) is 9.47 Å². The minimum Gasteiger partial charge on any atom is -0.481 e. The highest BCUT2D eigenvalue weighted by Gasteiger charge is 2.29. The van der Waals surface area contributed by atoms with Gasteiger partial charge in [0.05, 0.1) is 13.7 Å². The number of hydrogen-bond acceptors (Lipinski definition) is 6. The zero-order valence-electron chi connectivity index (χ0n) is 21.4. The SMILES string of the molecule is COc1ccc(-c2ccc3c(c2)CCCN3c2n[nH]c3c2CN(C(C)=O)CC3)cn1.C[C@H]1CCOC1. The Balaban J connectivity index is 0.000000391. The number of nitrogens with zero attached hydrogens (tertiary/aromatic N) is 4. The topological polar surface area (TPSA) is 83.6 Å². The van der Waals surface area contributed by atoms with E-state index in [1.54, 1.807) is 14.0 Å². The maximum absolute atomic E-state index is 11.9. The molecule has 0 radical (unpaired) electrons. The van der Waals surface area contributed by atoms with Crippen LogP contribution in [0.3, 0.4) is 0 Å². The van der Waals surface area contributed by atoms with Crippen LogP contribution < -0.4 is 9.64 Å². The summed E-state index contributed by atoms with van der Waals surface area (Å²) >= 11 is 0. The van der Waals surface area contributed by atoms with Crippen molar-refractivity contribution in [3.63, 3.8) is 0 Å². The summed E-state index contributed by atoms with van der Waals surface area (Å²) in [6.45, 7) is 8.12. The summed E-state index contributed by atoms with van der Waals surface area (Å²) in [4.78, 5) is 20.4. The molecule has 190 valence electrons. The van der Waals surface area contributed by atoms with Gasteiger partial charge in [0, 0.05) is 74.4 Å². The number of hydrogen-bond donors (Lipinski definition) is 1. The normalized spacial score (nSPS) is 18.7. The Morgan fingerprint density at radius 1 is 1.17 bits per heavy atom. The number of carbonyl (C=O) groups is 1. The number of methoxy groups -OCH3 is 1. The van der Waals surface area contributed by atoms with Crippen molar-refractivity contribution in [2.24, 2.45) is 5.92 Å². The van der Waals surface area contributed by atoms with E-state index in [0.29, 0.717) is 12.4 Å². The van der Waals surface area contributed by atoms with Crippen LogP contribution >= 0.6 is 0 Å². The zero-order chi connectivity index (χ0) is 25.1. The summed E-state index contributed by atoms with van der Waals surface area (Å²) in [5.74, 6) is 2.51. The molecule has 36 heavy (non-hydrogen) atoms. The van der Waals surface area contributed by atoms with E-state index in [2.05, 4.69) is 45.2 Å². The molecule has 8 heteroatoms. The molecule has 5 heterocycles. The molecule has 3 aliphatic rings. The number of amides is 1. The van der Waals surface area contributed by atoms with Crippen molar-refractivity contribution < 1.29 is 14.3 Å². The Labute approximate surface area is 212 Å². The van der Waals surface area contributed by atoms with Crippen molar-refractivity contribution in [2.75, 3.05) is 38.3 Å². The fourth-order valence-electron chi connectivity index (χ4n) is 5.09. The van der Waals surface area contributed by atoms with Gasteiger partial charge >= 0.3 is 0 Å². The minimum atomic E-state index is 0.115. The molecule has 0 saturated carbocycles. The molecule has 1 amide bonds. The van der Waals surface area contributed by atoms with Crippen LogP contribution in [0, 0.1) is 5.92 Å². The van der Waals surface area contributed by atoms with Gasteiger partial charge in [0.15, 0.2) is 5.82 Å². The van der Waals surface area contributed by atoms with E-state index >= 15 is 0 Å². The van der Waals surface area contributed by atoms with Crippen molar-refractivity contribution in [1.29, 1.82) is 0 Å². The molecule has 0 bridgehead atoms. The van der Waals surface area contributed by atoms with Crippen LogP contribution in [0.2, 0.25) is 0 Å². The van der Waals surface area contributed by atoms with Crippen molar-refractivity contribution >= 4 is 17.4 Å². The Kier molecular flexibility index (Phi) is 7.23. The first-order valence-corrected chi connectivity index (χ1v) is 12.8. The Morgan fingerprint density at radius 3 is 2.69 bits per heavy atom. The van der Waals surface area contributed by atoms with Gasteiger partial charge in [0.1, 0.15) is 0 Å². The van der Waals surface area contributed by atoms with Gasteiger partial charge in [-0.1, -0.05) is 13.0 Å². The summed E-state index contributed by atoms with van der Waals surface area (Å²) in [6.07, 6.45) is 6.04. The van der Waals surface area contributed by atoms with Crippen LogP contribution in [0.1, 0.15) is 43.5 Å². The molecule has 1 fully saturated rings. The fraction of sp³-hybridized carbons (Fsp3) is 0.464. The van der Waals surface area contributed by atoms with Gasteiger partial charge in [-0.25, -0.2) is 4.98 Å². The summed E-state index contributed by atoms with van der Waals surface area (Å²) in [5, 5.41) is 7.86. The zero-order valence-corrected chi connectivity index (χ0v) is 21.4. The highest BCUT2D eigenvalue weighted by Crippen LogP contribution is 2.38. The smallest absolute Gasteiger partial charge is 0.219 e. The molecular weight excluding hydrogens is 454 g/mol. The number of rotatable bonds is 3. The first-order chi connectivity index (χ1) is 17.5. The molecule has 1 atom stereocenters. The number of aromatic amines is 1. The van der Waals surface area contributed by atoms with Gasteiger partial charge in [-0.05, 0) is 54.5 Å². The van der Waals surface area contributed by atoms with Crippen molar-refractivity contribution in [3.05, 3.63) is 53.3 Å². The molecule has 0 unspecified atom stereocenters. The standard InChI is InChI=1S/C23H25N5O2.C5H10O/c1-15(29)27-11-9-20-19(14-27)23(26-25-20)28-10-3-4-17-12-16(5-7-21(17)28)18-6-8-22(30-2)24-13-18;1-5-2-3-6-4-5/h5-8,12-13H,3-4,9-11,14H2,1-2H3,(H,25,26);5H,2-4H2,1H3/t;5-/m.0/s1. The molecule has 0 spiro atoms. The molecule has 1 saturated heterocycles. The van der Waals surface area contributed by atoms with Crippen molar-refractivity contribution in [2.45, 2.75) is 46.1 Å². The highest BCUT2D eigenvalue weighted by atomic mass is 16.5. The van der Waals surface area contributed by atoms with Crippen molar-refractivity contribution in [1.82, 2.24) is 20.1 Å². The third-order valence-electron chi connectivity index (χ3n) is 7.25. The number of pyridine rings is 1. The van der Waals surface area contributed by atoms with Gasteiger partial charge in [-0.2, -0.15) is 5.10 Å². The second-order valence-corrected chi connectivity index (χ2v) is 9.85. The van der Waals surface area contributed by atoms with Crippen LogP contribution in [0.4, 0.5) is 11.5 Å². The maximum Gasteiger partial charge on any atom is 0.219 e. The number of anilines is 2.